The van der Waals surface area contributed by atoms with E-state index in [1.165, 1.54) is 43.6 Å². The van der Waals surface area contributed by atoms with Crippen LogP contribution >= 0.6 is 11.8 Å². The van der Waals surface area contributed by atoms with Crippen LogP contribution in [-0.2, 0) is 0 Å². The highest BCUT2D eigenvalue weighted by molar-refractivity contribution is 7.99. The zero-order chi connectivity index (χ0) is 10.8. The molecule has 14 heavy (non-hydrogen) atoms. The molecule has 0 aliphatic rings. The Hall–Kier alpha value is 0.350. The van der Waals surface area contributed by atoms with Crippen molar-refractivity contribution in [1.82, 2.24) is 0 Å². The molecule has 0 N–H and O–H groups in total. The molecule has 0 unspecified atom stereocenters. The van der Waals surface area contributed by atoms with Crippen molar-refractivity contribution in [2.45, 2.75) is 59.8 Å². The lowest BCUT2D eigenvalue weighted by molar-refractivity contribution is 0.535. The highest BCUT2D eigenvalue weighted by Crippen LogP contribution is 2.13. The van der Waals surface area contributed by atoms with E-state index in [1.807, 2.05) is 0 Å². The van der Waals surface area contributed by atoms with Crippen LogP contribution in [0.15, 0.2) is 0 Å². The van der Waals surface area contributed by atoms with Crippen molar-refractivity contribution < 1.29 is 0 Å². The molecule has 0 radical (unpaired) electrons. The van der Waals surface area contributed by atoms with Crippen LogP contribution in [0.3, 0.4) is 0 Å². The summed E-state index contributed by atoms with van der Waals surface area (Å²) >= 11 is 2.14. The van der Waals surface area contributed by atoms with E-state index < -0.39 is 0 Å². The molecule has 86 valence electrons. The molecule has 0 spiro atoms. The maximum absolute atomic E-state index is 2.32. The second-order valence-electron chi connectivity index (χ2n) is 5.04. The summed E-state index contributed by atoms with van der Waals surface area (Å²) in [4.78, 5) is 0. The molecule has 0 aromatic heterocycles. The van der Waals surface area contributed by atoms with Crippen molar-refractivity contribution in [1.29, 1.82) is 0 Å². The van der Waals surface area contributed by atoms with Crippen molar-refractivity contribution in [3.8, 4) is 0 Å². The highest BCUT2D eigenvalue weighted by atomic mass is 32.2. The van der Waals surface area contributed by atoms with Gasteiger partial charge in [0, 0.05) is 0 Å². The molecule has 0 fully saturated rings. The lowest BCUT2D eigenvalue weighted by atomic mass is 10.1. The minimum absolute atomic E-state index is 0.878. The van der Waals surface area contributed by atoms with E-state index in [9.17, 15) is 0 Å². The molecule has 0 rings (SSSR count). The van der Waals surface area contributed by atoms with Crippen molar-refractivity contribution in [2.24, 2.45) is 11.8 Å². The topological polar surface area (TPSA) is 0 Å². The van der Waals surface area contributed by atoms with E-state index in [0.717, 1.165) is 11.8 Å². The van der Waals surface area contributed by atoms with Gasteiger partial charge in [-0.2, -0.15) is 11.8 Å². The average molecular weight is 216 g/mol. The Morgan fingerprint density at radius 2 is 1.36 bits per heavy atom. The first kappa shape index (κ1) is 14.3. The predicted octanol–water partition coefficient (Wildman–Crippen LogP) is 4.98. The molecule has 0 atom stereocenters. The fourth-order valence-electron chi connectivity index (χ4n) is 1.35. The molecule has 0 saturated carbocycles. The van der Waals surface area contributed by atoms with Gasteiger partial charge in [0.05, 0.1) is 0 Å². The molecule has 0 aliphatic heterocycles. The van der Waals surface area contributed by atoms with E-state index in [-0.39, 0.29) is 0 Å². The summed E-state index contributed by atoms with van der Waals surface area (Å²) in [5.74, 6) is 4.51. The summed E-state index contributed by atoms with van der Waals surface area (Å²) in [5, 5.41) is 0. The van der Waals surface area contributed by atoms with Crippen LogP contribution in [0, 0.1) is 11.8 Å². The van der Waals surface area contributed by atoms with E-state index in [0.29, 0.717) is 0 Å². The van der Waals surface area contributed by atoms with Crippen LogP contribution < -0.4 is 0 Å². The van der Waals surface area contributed by atoms with Gasteiger partial charge < -0.3 is 0 Å². The molecule has 0 heterocycles. The van der Waals surface area contributed by atoms with E-state index >= 15 is 0 Å². The maximum Gasteiger partial charge on any atom is -0.00651 e. The second-order valence-corrected chi connectivity index (χ2v) is 6.26. The minimum atomic E-state index is 0.878. The van der Waals surface area contributed by atoms with Gasteiger partial charge in [0.25, 0.3) is 0 Å². The largest absolute Gasteiger partial charge is 0.162 e. The zero-order valence-corrected chi connectivity index (χ0v) is 11.3. The van der Waals surface area contributed by atoms with Gasteiger partial charge in [-0.05, 0) is 36.2 Å². The first-order valence-electron chi connectivity index (χ1n) is 6.20. The highest BCUT2D eigenvalue weighted by Gasteiger charge is 1.96. The molecular weight excluding hydrogens is 188 g/mol. The Balaban J connectivity index is 2.92. The standard InChI is InChI=1S/C13H28S/c1-12(2)8-6-5-7-10-14-11-9-13(3)4/h12-13H,5-11H2,1-4H3. The molecule has 0 aromatic rings. The van der Waals surface area contributed by atoms with E-state index in [4.69, 9.17) is 0 Å². The molecule has 0 aliphatic carbocycles. The van der Waals surface area contributed by atoms with Gasteiger partial charge in [-0.3, -0.25) is 0 Å². The summed E-state index contributed by atoms with van der Waals surface area (Å²) in [6.45, 7) is 9.25. The van der Waals surface area contributed by atoms with Gasteiger partial charge in [0.1, 0.15) is 0 Å². The van der Waals surface area contributed by atoms with Gasteiger partial charge >= 0.3 is 0 Å². The zero-order valence-electron chi connectivity index (χ0n) is 10.5. The summed E-state index contributed by atoms with van der Waals surface area (Å²) in [7, 11) is 0. The number of hydrogen-bond acceptors (Lipinski definition) is 1. The third-order valence-electron chi connectivity index (χ3n) is 2.41. The molecule has 0 bridgehead atoms. The van der Waals surface area contributed by atoms with Crippen LogP contribution in [-0.4, -0.2) is 11.5 Å². The number of rotatable bonds is 9. The number of thioether (sulfide) groups is 1. The van der Waals surface area contributed by atoms with Gasteiger partial charge in [-0.1, -0.05) is 47.0 Å². The van der Waals surface area contributed by atoms with Crippen LogP contribution in [0.5, 0.6) is 0 Å². The Bertz CT molecular complexity index is 93.8. The molecule has 0 saturated heterocycles. The summed E-state index contributed by atoms with van der Waals surface area (Å²) < 4.78 is 0. The van der Waals surface area contributed by atoms with Gasteiger partial charge in [0.2, 0.25) is 0 Å². The monoisotopic (exact) mass is 216 g/mol. The third-order valence-corrected chi connectivity index (χ3v) is 3.51. The Labute approximate surface area is 95.2 Å². The van der Waals surface area contributed by atoms with Crippen molar-refractivity contribution in [3.05, 3.63) is 0 Å². The number of hydrogen-bond donors (Lipinski definition) is 0. The van der Waals surface area contributed by atoms with Crippen LogP contribution in [0.4, 0.5) is 0 Å². The minimum Gasteiger partial charge on any atom is -0.162 e. The first-order valence-corrected chi connectivity index (χ1v) is 7.36. The fourth-order valence-corrected chi connectivity index (χ4v) is 2.61. The van der Waals surface area contributed by atoms with Crippen LogP contribution in [0.2, 0.25) is 0 Å². The normalized spacial score (nSPS) is 11.6. The maximum atomic E-state index is 2.32. The van der Waals surface area contributed by atoms with Crippen LogP contribution in [0.25, 0.3) is 0 Å². The Kier molecular flexibility index (Phi) is 10.1. The van der Waals surface area contributed by atoms with Gasteiger partial charge in [0.15, 0.2) is 0 Å². The Morgan fingerprint density at radius 3 is 1.93 bits per heavy atom. The van der Waals surface area contributed by atoms with Gasteiger partial charge in [-0.25, -0.2) is 0 Å². The summed E-state index contributed by atoms with van der Waals surface area (Å²) in [6.07, 6.45) is 7.10. The fraction of sp³-hybridized carbons (Fsp3) is 1.00. The molecule has 1 heteroatoms. The van der Waals surface area contributed by atoms with E-state index in [1.54, 1.807) is 0 Å². The van der Waals surface area contributed by atoms with Crippen molar-refractivity contribution in [3.63, 3.8) is 0 Å². The lowest BCUT2D eigenvalue weighted by Crippen LogP contribution is -1.92. The summed E-state index contributed by atoms with van der Waals surface area (Å²) in [5.41, 5.74) is 0. The Morgan fingerprint density at radius 1 is 0.714 bits per heavy atom. The quantitative estimate of drug-likeness (QED) is 0.490. The smallest absolute Gasteiger partial charge is 0.00651 e. The summed E-state index contributed by atoms with van der Waals surface area (Å²) in [6, 6.07) is 0. The third kappa shape index (κ3) is 12.3. The van der Waals surface area contributed by atoms with Crippen molar-refractivity contribution in [2.75, 3.05) is 11.5 Å². The predicted molar refractivity (Wildman–Crippen MR) is 70.1 cm³/mol. The van der Waals surface area contributed by atoms with Gasteiger partial charge in [-0.15, -0.1) is 0 Å². The van der Waals surface area contributed by atoms with E-state index in [2.05, 4.69) is 39.5 Å². The average Bonchev–Trinajstić information content (AvgIpc) is 2.08. The van der Waals surface area contributed by atoms with Crippen molar-refractivity contribution >= 4 is 11.8 Å². The van der Waals surface area contributed by atoms with Crippen LogP contribution in [0.1, 0.15) is 59.8 Å². The lowest BCUT2D eigenvalue weighted by Gasteiger charge is -2.05. The molecule has 0 amide bonds. The first-order chi connectivity index (χ1) is 6.63. The second kappa shape index (κ2) is 9.89. The SMILES string of the molecule is CC(C)CCCCCSCCC(C)C. The number of unbranched alkanes of at least 4 members (excludes halogenated alkanes) is 2. The molecule has 0 nitrogen and oxygen atoms in total. The molecule has 0 aromatic carbocycles. The molecular formula is C13H28S.